The number of hydrogen-bond donors (Lipinski definition) is 0. The Morgan fingerprint density at radius 2 is 2.07 bits per heavy atom. The van der Waals surface area contributed by atoms with Gasteiger partial charge in [-0.2, -0.15) is 0 Å². The van der Waals surface area contributed by atoms with Crippen LogP contribution in [0, 0.1) is 0 Å². The van der Waals surface area contributed by atoms with Crippen LogP contribution in [0.25, 0.3) is 17.1 Å². The van der Waals surface area contributed by atoms with Gasteiger partial charge in [0.05, 0.1) is 5.52 Å². The average molecular weight is 260 g/mol. The molecule has 15 heavy (non-hydrogen) atoms. The smallest absolute Gasteiger partial charge is 0.0525 e. The molecule has 0 saturated heterocycles. The Labute approximate surface area is 96.8 Å². The maximum atomic E-state index is 3.51. The Hall–Kier alpha value is -1.28. The maximum Gasteiger partial charge on any atom is 0.0525 e. The van der Waals surface area contributed by atoms with Gasteiger partial charge in [-0.25, -0.2) is 0 Å². The fraction of sp³-hybridized carbons (Fsp3) is 0.0769. The average Bonchev–Trinajstić information content (AvgIpc) is 2.51. The van der Waals surface area contributed by atoms with Gasteiger partial charge in [-0.05, 0) is 18.2 Å². The van der Waals surface area contributed by atoms with Gasteiger partial charge in [-0.15, -0.1) is 0 Å². The van der Waals surface area contributed by atoms with Crippen molar-refractivity contribution in [2.75, 3.05) is 0 Å². The van der Waals surface area contributed by atoms with Gasteiger partial charge < -0.3 is 4.57 Å². The van der Waals surface area contributed by atoms with Crippen LogP contribution < -0.4 is 0 Å². The predicted octanol–water partition coefficient (Wildman–Crippen LogP) is 3.95. The molecule has 0 bridgehead atoms. The predicted molar refractivity (Wildman–Crippen MR) is 68.0 cm³/mol. The fourth-order valence-electron chi connectivity index (χ4n) is 1.98. The zero-order valence-electron chi connectivity index (χ0n) is 8.15. The summed E-state index contributed by atoms with van der Waals surface area (Å²) in [5.41, 5.74) is 2.61. The number of benzene rings is 1. The molecule has 2 heteroatoms. The lowest BCUT2D eigenvalue weighted by Gasteiger charge is -2.00. The summed E-state index contributed by atoms with van der Waals surface area (Å²) in [6, 6.07) is 10.7. The Kier molecular flexibility index (Phi) is 2.03. The zero-order chi connectivity index (χ0) is 10.3. The summed E-state index contributed by atoms with van der Waals surface area (Å²) in [6.45, 7) is 0. The normalized spacial score (nSPS) is 14.9. The van der Waals surface area contributed by atoms with E-state index in [1.165, 1.54) is 16.6 Å². The van der Waals surface area contributed by atoms with Crippen LogP contribution in [0.15, 0.2) is 47.0 Å². The fourth-order valence-corrected chi connectivity index (χ4v) is 2.26. The van der Waals surface area contributed by atoms with Gasteiger partial charge in [0.15, 0.2) is 0 Å². The lowest BCUT2D eigenvalue weighted by Crippen LogP contribution is -1.90. The van der Waals surface area contributed by atoms with Crippen molar-refractivity contribution in [1.29, 1.82) is 0 Å². The first-order valence-electron chi connectivity index (χ1n) is 4.97. The van der Waals surface area contributed by atoms with Crippen LogP contribution in [-0.2, 0) is 6.42 Å². The van der Waals surface area contributed by atoms with E-state index < -0.39 is 0 Å². The highest BCUT2D eigenvalue weighted by Crippen LogP contribution is 2.24. The van der Waals surface area contributed by atoms with Crippen molar-refractivity contribution < 1.29 is 0 Å². The number of allylic oxidation sites excluding steroid dienone is 3. The second-order valence-corrected chi connectivity index (χ2v) is 4.59. The Bertz CT molecular complexity index is 575. The van der Waals surface area contributed by atoms with Crippen molar-refractivity contribution in [3.8, 4) is 0 Å². The first-order valence-corrected chi connectivity index (χ1v) is 5.76. The van der Waals surface area contributed by atoms with Crippen molar-refractivity contribution in [3.05, 3.63) is 52.7 Å². The molecule has 0 saturated carbocycles. The summed E-state index contributed by atoms with van der Waals surface area (Å²) < 4.78 is 3.40. The number of halogens is 1. The van der Waals surface area contributed by atoms with E-state index in [4.69, 9.17) is 0 Å². The highest BCUT2D eigenvalue weighted by molar-refractivity contribution is 9.11. The molecule has 0 amide bonds. The van der Waals surface area contributed by atoms with Crippen LogP contribution in [0.5, 0.6) is 0 Å². The lowest BCUT2D eigenvalue weighted by atomic mass is 10.2. The van der Waals surface area contributed by atoms with Gasteiger partial charge in [-0.1, -0.05) is 40.2 Å². The Balaban J connectivity index is 2.29. The van der Waals surface area contributed by atoms with Gasteiger partial charge in [0.1, 0.15) is 0 Å². The minimum absolute atomic E-state index is 0.974. The molecule has 1 nitrogen and oxygen atoms in total. The van der Waals surface area contributed by atoms with Crippen LogP contribution in [0.4, 0.5) is 0 Å². The van der Waals surface area contributed by atoms with Gasteiger partial charge in [-0.3, -0.25) is 0 Å². The molecule has 0 unspecified atom stereocenters. The number of hydrogen-bond acceptors (Lipinski definition) is 0. The Morgan fingerprint density at radius 1 is 1.20 bits per heavy atom. The summed E-state index contributed by atoms with van der Waals surface area (Å²) in [5.74, 6) is 0. The number of para-hydroxylation sites is 1. The second-order valence-electron chi connectivity index (χ2n) is 3.67. The Morgan fingerprint density at radius 3 is 3.00 bits per heavy atom. The molecular formula is C13H10BrN. The standard InChI is InChI=1S/C13H10BrN/c14-11-5-6-12-9-10-3-1-2-4-13(10)15(12)8-7-11/h1-5,7-9H,6H2. The van der Waals surface area contributed by atoms with Crippen molar-refractivity contribution in [2.24, 2.45) is 0 Å². The van der Waals surface area contributed by atoms with E-state index in [1.807, 2.05) is 0 Å². The van der Waals surface area contributed by atoms with Crippen molar-refractivity contribution >= 4 is 33.0 Å². The van der Waals surface area contributed by atoms with E-state index in [-0.39, 0.29) is 0 Å². The summed E-state index contributed by atoms with van der Waals surface area (Å²) in [6.07, 6.45) is 7.37. The van der Waals surface area contributed by atoms with Gasteiger partial charge in [0.2, 0.25) is 0 Å². The van der Waals surface area contributed by atoms with Crippen LogP contribution in [-0.4, -0.2) is 4.57 Å². The molecule has 3 rings (SSSR count). The SMILES string of the molecule is BrC1=CCc2cc3ccccc3n2C=C1. The van der Waals surface area contributed by atoms with Gasteiger partial charge >= 0.3 is 0 Å². The molecule has 2 heterocycles. The van der Waals surface area contributed by atoms with Crippen molar-refractivity contribution in [3.63, 3.8) is 0 Å². The molecule has 0 aliphatic carbocycles. The van der Waals surface area contributed by atoms with Crippen LogP contribution in [0.3, 0.4) is 0 Å². The molecule has 0 radical (unpaired) electrons. The summed E-state index contributed by atoms with van der Waals surface area (Å²) in [7, 11) is 0. The van der Waals surface area contributed by atoms with E-state index >= 15 is 0 Å². The van der Waals surface area contributed by atoms with Crippen LogP contribution in [0.2, 0.25) is 0 Å². The van der Waals surface area contributed by atoms with E-state index in [0.717, 1.165) is 10.9 Å². The molecule has 0 N–H and O–H groups in total. The minimum Gasteiger partial charge on any atom is -0.320 e. The third kappa shape index (κ3) is 1.45. The molecule has 1 aliphatic rings. The molecule has 0 atom stereocenters. The van der Waals surface area contributed by atoms with E-state index in [1.54, 1.807) is 0 Å². The van der Waals surface area contributed by atoms with Gasteiger partial charge in [0.25, 0.3) is 0 Å². The molecule has 1 aliphatic heterocycles. The molecule has 1 aromatic carbocycles. The molecular weight excluding hydrogens is 250 g/mol. The summed E-state index contributed by atoms with van der Waals surface area (Å²) in [5, 5.41) is 1.31. The highest BCUT2D eigenvalue weighted by Gasteiger charge is 2.07. The zero-order valence-corrected chi connectivity index (χ0v) is 9.74. The number of nitrogens with zero attached hydrogens (tertiary/aromatic N) is 1. The van der Waals surface area contributed by atoms with Crippen molar-refractivity contribution in [1.82, 2.24) is 4.57 Å². The number of aromatic nitrogens is 1. The third-order valence-corrected chi connectivity index (χ3v) is 3.30. The largest absolute Gasteiger partial charge is 0.320 e. The quantitative estimate of drug-likeness (QED) is 0.676. The number of fused-ring (bicyclic) bond motifs is 3. The van der Waals surface area contributed by atoms with E-state index in [2.05, 4.69) is 69.2 Å². The van der Waals surface area contributed by atoms with E-state index in [9.17, 15) is 0 Å². The maximum absolute atomic E-state index is 3.51. The molecule has 0 spiro atoms. The lowest BCUT2D eigenvalue weighted by molar-refractivity contribution is 1.07. The molecule has 1 aromatic heterocycles. The van der Waals surface area contributed by atoms with Crippen molar-refractivity contribution in [2.45, 2.75) is 6.42 Å². The van der Waals surface area contributed by atoms with E-state index in [0.29, 0.717) is 0 Å². The monoisotopic (exact) mass is 259 g/mol. The number of rotatable bonds is 0. The first kappa shape index (κ1) is 8.98. The van der Waals surface area contributed by atoms with Crippen LogP contribution >= 0.6 is 15.9 Å². The highest BCUT2D eigenvalue weighted by atomic mass is 79.9. The molecule has 74 valence electrons. The molecule has 0 fully saturated rings. The van der Waals surface area contributed by atoms with Gasteiger partial charge in [0, 0.05) is 28.2 Å². The third-order valence-electron chi connectivity index (χ3n) is 2.72. The molecule has 2 aromatic rings. The summed E-state index contributed by atoms with van der Waals surface area (Å²) >= 11 is 3.51. The second kappa shape index (κ2) is 3.38. The first-order chi connectivity index (χ1) is 7.34. The summed E-state index contributed by atoms with van der Waals surface area (Å²) in [4.78, 5) is 0. The van der Waals surface area contributed by atoms with Crippen LogP contribution in [0.1, 0.15) is 5.69 Å². The topological polar surface area (TPSA) is 4.93 Å². The minimum atomic E-state index is 0.974.